The number of carbonyl (C=O) groups is 2. The molecule has 1 aliphatic rings. The third-order valence-electron chi connectivity index (χ3n) is 3.68. The van der Waals surface area contributed by atoms with E-state index in [1.165, 1.54) is 0 Å². The first-order valence-electron chi connectivity index (χ1n) is 7.97. The van der Waals surface area contributed by atoms with Gasteiger partial charge < -0.3 is 14.5 Å². The minimum absolute atomic E-state index is 0.000675. The Bertz CT molecular complexity index is 393. The van der Waals surface area contributed by atoms with Gasteiger partial charge in [0.1, 0.15) is 11.5 Å². The van der Waals surface area contributed by atoms with Crippen molar-refractivity contribution in [3.63, 3.8) is 0 Å². The number of halogens is 1. The van der Waals surface area contributed by atoms with Crippen molar-refractivity contribution >= 4 is 23.6 Å². The summed E-state index contributed by atoms with van der Waals surface area (Å²) < 4.78 is 5.43. The number of likely N-dealkylation sites (tertiary alicyclic amines) is 1. The molecule has 0 bridgehead atoms. The topological polar surface area (TPSA) is 49.9 Å². The number of hydrogen-bond acceptors (Lipinski definition) is 3. The van der Waals surface area contributed by atoms with Crippen molar-refractivity contribution < 1.29 is 14.3 Å². The molecule has 0 N–H and O–H groups in total. The Kier molecular flexibility index (Phi) is 6.98. The molecule has 0 aliphatic carbocycles. The first kappa shape index (κ1) is 19.1. The second-order valence-corrected chi connectivity index (χ2v) is 7.48. The zero-order valence-electron chi connectivity index (χ0n) is 14.4. The fourth-order valence-electron chi connectivity index (χ4n) is 2.66. The van der Waals surface area contributed by atoms with Crippen LogP contribution in [0.15, 0.2) is 0 Å². The lowest BCUT2D eigenvalue weighted by molar-refractivity contribution is -0.131. The van der Waals surface area contributed by atoms with E-state index >= 15 is 0 Å². The predicted octanol–water partition coefficient (Wildman–Crippen LogP) is 3.11. The predicted molar refractivity (Wildman–Crippen MR) is 88.1 cm³/mol. The third kappa shape index (κ3) is 6.03. The average molecular weight is 333 g/mol. The average Bonchev–Trinajstić information content (AvgIpc) is 2.42. The van der Waals surface area contributed by atoms with Crippen LogP contribution < -0.4 is 0 Å². The van der Waals surface area contributed by atoms with Gasteiger partial charge in [0.15, 0.2) is 0 Å². The highest BCUT2D eigenvalue weighted by molar-refractivity contribution is 6.27. The number of hydrogen-bond donors (Lipinski definition) is 0. The molecule has 0 aromatic rings. The molecule has 22 heavy (non-hydrogen) atoms. The first-order valence-corrected chi connectivity index (χ1v) is 8.51. The van der Waals surface area contributed by atoms with Gasteiger partial charge >= 0.3 is 6.09 Å². The van der Waals surface area contributed by atoms with E-state index in [1.807, 2.05) is 34.6 Å². The maximum Gasteiger partial charge on any atom is 0.410 e. The molecular formula is C16H29ClN2O3. The van der Waals surface area contributed by atoms with Crippen LogP contribution in [-0.2, 0) is 9.53 Å². The lowest BCUT2D eigenvalue weighted by atomic mass is 9.97. The lowest BCUT2D eigenvalue weighted by Gasteiger charge is -2.37. The largest absolute Gasteiger partial charge is 0.444 e. The van der Waals surface area contributed by atoms with Crippen molar-refractivity contribution in [2.75, 3.05) is 25.5 Å². The van der Waals surface area contributed by atoms with Crippen molar-refractivity contribution in [3.05, 3.63) is 0 Å². The Morgan fingerprint density at radius 2 is 2.00 bits per heavy atom. The third-order valence-corrected chi connectivity index (χ3v) is 3.91. The molecule has 0 unspecified atom stereocenters. The Hall–Kier alpha value is -0.970. The summed E-state index contributed by atoms with van der Waals surface area (Å²) in [5.74, 6) is 0.225. The molecule has 1 heterocycles. The molecule has 128 valence electrons. The van der Waals surface area contributed by atoms with E-state index in [0.29, 0.717) is 13.1 Å². The highest BCUT2D eigenvalue weighted by Gasteiger charge is 2.29. The van der Waals surface area contributed by atoms with Crippen molar-refractivity contribution in [1.82, 2.24) is 9.80 Å². The summed E-state index contributed by atoms with van der Waals surface area (Å²) in [7, 11) is 0. The van der Waals surface area contributed by atoms with Gasteiger partial charge in [-0.15, -0.1) is 11.6 Å². The second-order valence-electron chi connectivity index (χ2n) is 7.21. The number of piperidine rings is 1. The maximum atomic E-state index is 12.2. The Balaban J connectivity index is 2.62. The van der Waals surface area contributed by atoms with E-state index < -0.39 is 5.60 Å². The minimum Gasteiger partial charge on any atom is -0.444 e. The molecule has 5 nitrogen and oxygen atoms in total. The smallest absolute Gasteiger partial charge is 0.410 e. The van der Waals surface area contributed by atoms with Gasteiger partial charge in [-0.1, -0.05) is 0 Å². The fourth-order valence-corrected chi connectivity index (χ4v) is 2.82. The Labute approximate surface area is 138 Å². The molecular weight excluding hydrogens is 304 g/mol. The van der Waals surface area contributed by atoms with Crippen molar-refractivity contribution in [2.45, 2.75) is 59.1 Å². The molecule has 0 aromatic carbocycles. The van der Waals surface area contributed by atoms with Crippen LogP contribution in [0.4, 0.5) is 4.79 Å². The molecule has 0 spiro atoms. The number of rotatable bonds is 4. The summed E-state index contributed by atoms with van der Waals surface area (Å²) in [6, 6.07) is 0.114. The van der Waals surface area contributed by atoms with Gasteiger partial charge in [0.2, 0.25) is 5.91 Å². The lowest BCUT2D eigenvalue weighted by Crippen LogP contribution is -2.48. The number of alkyl halides is 1. The second kappa shape index (κ2) is 8.04. The van der Waals surface area contributed by atoms with E-state index in [-0.39, 0.29) is 29.8 Å². The van der Waals surface area contributed by atoms with E-state index in [2.05, 4.69) is 0 Å². The van der Waals surface area contributed by atoms with Crippen LogP contribution in [0.1, 0.15) is 47.5 Å². The van der Waals surface area contributed by atoms with Crippen molar-refractivity contribution in [1.29, 1.82) is 0 Å². The maximum absolute atomic E-state index is 12.2. The standard InChI is InChI=1S/C16H29ClN2O3/c1-12(2)19(14(20)9-17)11-13-7-6-8-18(10-13)15(21)22-16(3,4)5/h12-13H,6-11H2,1-5H3/t13-/m0/s1. The van der Waals surface area contributed by atoms with Gasteiger partial charge in [-0.2, -0.15) is 0 Å². The molecule has 1 rings (SSSR count). The molecule has 1 fully saturated rings. The van der Waals surface area contributed by atoms with Crippen LogP contribution in [0.2, 0.25) is 0 Å². The first-order chi connectivity index (χ1) is 10.1. The van der Waals surface area contributed by atoms with Gasteiger partial charge in [-0.3, -0.25) is 4.79 Å². The van der Waals surface area contributed by atoms with Crippen LogP contribution in [-0.4, -0.2) is 59.0 Å². The van der Waals surface area contributed by atoms with Crippen molar-refractivity contribution in [2.24, 2.45) is 5.92 Å². The highest BCUT2D eigenvalue weighted by atomic mass is 35.5. The molecule has 0 saturated carbocycles. The molecule has 0 aromatic heterocycles. The zero-order valence-corrected chi connectivity index (χ0v) is 15.2. The van der Waals surface area contributed by atoms with E-state index in [1.54, 1.807) is 9.80 Å². The summed E-state index contributed by atoms with van der Waals surface area (Å²) in [6.45, 7) is 11.6. The molecule has 1 aliphatic heterocycles. The van der Waals surface area contributed by atoms with E-state index in [4.69, 9.17) is 16.3 Å². The molecule has 2 amide bonds. The van der Waals surface area contributed by atoms with Crippen LogP contribution in [0, 0.1) is 5.92 Å². The minimum atomic E-state index is -0.484. The summed E-state index contributed by atoms with van der Waals surface area (Å²) in [6.07, 6.45) is 1.68. The van der Waals surface area contributed by atoms with E-state index in [0.717, 1.165) is 19.4 Å². The molecule has 0 radical (unpaired) electrons. The summed E-state index contributed by atoms with van der Waals surface area (Å²) in [5, 5.41) is 0. The van der Waals surface area contributed by atoms with Gasteiger partial charge in [0.05, 0.1) is 0 Å². The van der Waals surface area contributed by atoms with Gasteiger partial charge in [-0.25, -0.2) is 4.79 Å². The van der Waals surface area contributed by atoms with Crippen LogP contribution in [0.5, 0.6) is 0 Å². The number of nitrogens with zero attached hydrogens (tertiary/aromatic N) is 2. The summed E-state index contributed by atoms with van der Waals surface area (Å²) in [4.78, 5) is 27.6. The van der Waals surface area contributed by atoms with Crippen LogP contribution >= 0.6 is 11.6 Å². The van der Waals surface area contributed by atoms with E-state index in [9.17, 15) is 9.59 Å². The summed E-state index contributed by atoms with van der Waals surface area (Å²) in [5.41, 5.74) is -0.484. The van der Waals surface area contributed by atoms with Crippen molar-refractivity contribution in [3.8, 4) is 0 Å². The number of amides is 2. The van der Waals surface area contributed by atoms with Crippen LogP contribution in [0.25, 0.3) is 0 Å². The Morgan fingerprint density at radius 1 is 1.36 bits per heavy atom. The SMILES string of the molecule is CC(C)N(C[C@H]1CCCN(C(=O)OC(C)(C)C)C1)C(=O)CCl. The quantitative estimate of drug-likeness (QED) is 0.743. The molecule has 1 saturated heterocycles. The normalized spacial score (nSPS) is 19.2. The Morgan fingerprint density at radius 3 is 2.50 bits per heavy atom. The van der Waals surface area contributed by atoms with Gasteiger partial charge in [0.25, 0.3) is 0 Å². The van der Waals surface area contributed by atoms with Crippen LogP contribution in [0.3, 0.4) is 0 Å². The highest BCUT2D eigenvalue weighted by Crippen LogP contribution is 2.21. The molecule has 1 atom stereocenters. The molecule has 6 heteroatoms. The zero-order chi connectivity index (χ0) is 16.9. The van der Waals surface area contributed by atoms with Gasteiger partial charge in [-0.05, 0) is 53.4 Å². The number of ether oxygens (including phenoxy) is 1. The number of carbonyl (C=O) groups excluding carboxylic acids is 2. The summed E-state index contributed by atoms with van der Waals surface area (Å²) >= 11 is 5.68. The monoisotopic (exact) mass is 332 g/mol. The fraction of sp³-hybridized carbons (Fsp3) is 0.875. The van der Waals surface area contributed by atoms with Gasteiger partial charge in [0, 0.05) is 25.7 Å².